The Hall–Kier alpha value is -0.910. The molecule has 4 atom stereocenters. The van der Waals surface area contributed by atoms with E-state index in [1.165, 1.54) is 32.1 Å². The molecule has 2 N–H and O–H groups in total. The molecule has 5 heteroatoms. The molecule has 0 saturated carbocycles. The van der Waals surface area contributed by atoms with Gasteiger partial charge in [-0.25, -0.2) is 0 Å². The van der Waals surface area contributed by atoms with Crippen LogP contribution in [0.5, 0.6) is 0 Å². The van der Waals surface area contributed by atoms with E-state index in [4.69, 9.17) is 19.9 Å². The lowest BCUT2D eigenvalue weighted by Gasteiger charge is -2.39. The average Bonchev–Trinajstić information content (AvgIpc) is 2.55. The normalized spacial score (nSPS) is 28.2. The minimum atomic E-state index is -0.434. The van der Waals surface area contributed by atoms with Crippen LogP contribution in [0.2, 0.25) is 0 Å². The number of methoxy groups -OCH3 is 1. The van der Waals surface area contributed by atoms with E-state index >= 15 is 0 Å². The average molecular weight is 327 g/mol. The van der Waals surface area contributed by atoms with Gasteiger partial charge in [0.2, 0.25) is 0 Å². The maximum Gasteiger partial charge on any atom is 0.320 e. The highest BCUT2D eigenvalue weighted by atomic mass is 16.6. The van der Waals surface area contributed by atoms with Crippen LogP contribution in [0.15, 0.2) is 12.2 Å². The van der Waals surface area contributed by atoms with E-state index in [1.807, 2.05) is 13.0 Å². The molecule has 1 aliphatic rings. The van der Waals surface area contributed by atoms with Crippen LogP contribution < -0.4 is 5.73 Å². The van der Waals surface area contributed by atoms with Crippen molar-refractivity contribution >= 4 is 5.97 Å². The Balaban J connectivity index is 2.53. The van der Waals surface area contributed by atoms with Gasteiger partial charge in [-0.05, 0) is 12.8 Å². The molecule has 1 aliphatic heterocycles. The van der Waals surface area contributed by atoms with Crippen LogP contribution in [0.4, 0.5) is 0 Å². The minimum Gasteiger partial charge on any atom is -0.455 e. The predicted molar refractivity (Wildman–Crippen MR) is 91.2 cm³/mol. The molecule has 0 unspecified atom stereocenters. The third-order valence-electron chi connectivity index (χ3n) is 4.27. The molecule has 0 radical (unpaired) electrons. The second-order valence-electron chi connectivity index (χ2n) is 6.27. The van der Waals surface area contributed by atoms with Crippen molar-refractivity contribution < 1.29 is 19.0 Å². The topological polar surface area (TPSA) is 70.8 Å². The van der Waals surface area contributed by atoms with Gasteiger partial charge in [0, 0.05) is 13.0 Å². The molecule has 0 amide bonds. The largest absolute Gasteiger partial charge is 0.455 e. The first-order valence-corrected chi connectivity index (χ1v) is 8.84. The lowest BCUT2D eigenvalue weighted by atomic mass is 9.93. The molecule has 0 aromatic heterocycles. The smallest absolute Gasteiger partial charge is 0.320 e. The highest BCUT2D eigenvalue weighted by Gasteiger charge is 2.40. The zero-order valence-corrected chi connectivity index (χ0v) is 14.8. The molecule has 0 aromatic carbocycles. The molecule has 0 spiro atoms. The fourth-order valence-electron chi connectivity index (χ4n) is 2.92. The third-order valence-corrected chi connectivity index (χ3v) is 4.27. The highest BCUT2D eigenvalue weighted by molar-refractivity contribution is 5.71. The summed E-state index contributed by atoms with van der Waals surface area (Å²) >= 11 is 0. The van der Waals surface area contributed by atoms with Crippen molar-refractivity contribution in [1.29, 1.82) is 0 Å². The Morgan fingerprint density at radius 2 is 2.00 bits per heavy atom. The van der Waals surface area contributed by atoms with Crippen LogP contribution in [0.25, 0.3) is 0 Å². The van der Waals surface area contributed by atoms with E-state index in [2.05, 4.69) is 13.0 Å². The summed E-state index contributed by atoms with van der Waals surface area (Å²) in [7, 11) is 1.64. The molecular formula is C18H33NO4. The van der Waals surface area contributed by atoms with E-state index in [9.17, 15) is 4.79 Å². The quantitative estimate of drug-likeness (QED) is 0.379. The van der Waals surface area contributed by atoms with Gasteiger partial charge in [0.1, 0.15) is 12.2 Å². The number of hydrogen-bond acceptors (Lipinski definition) is 5. The summed E-state index contributed by atoms with van der Waals surface area (Å²) in [6, 6.07) is 0. The fraction of sp³-hybridized carbons (Fsp3) is 0.833. The molecule has 1 heterocycles. The number of hydrogen-bond donors (Lipinski definition) is 1. The summed E-state index contributed by atoms with van der Waals surface area (Å²) < 4.78 is 16.8. The van der Waals surface area contributed by atoms with Gasteiger partial charge in [0.05, 0.1) is 13.2 Å². The van der Waals surface area contributed by atoms with E-state index in [0.717, 1.165) is 6.42 Å². The van der Waals surface area contributed by atoms with Gasteiger partial charge in [-0.1, -0.05) is 51.7 Å². The van der Waals surface area contributed by atoms with Crippen molar-refractivity contribution in [2.24, 2.45) is 11.7 Å². The summed E-state index contributed by atoms with van der Waals surface area (Å²) in [5.41, 5.74) is 5.36. The number of allylic oxidation sites excluding steroid dienone is 1. The van der Waals surface area contributed by atoms with Gasteiger partial charge < -0.3 is 19.9 Å². The molecule has 1 rings (SSSR count). The second kappa shape index (κ2) is 11.6. The number of carbonyl (C=O) groups is 1. The van der Waals surface area contributed by atoms with E-state index in [0.29, 0.717) is 6.61 Å². The Bertz CT molecular complexity index is 359. The van der Waals surface area contributed by atoms with Crippen molar-refractivity contribution in [2.75, 3.05) is 20.3 Å². The van der Waals surface area contributed by atoms with Crippen molar-refractivity contribution in [3.05, 3.63) is 12.2 Å². The van der Waals surface area contributed by atoms with E-state index < -0.39 is 12.1 Å². The van der Waals surface area contributed by atoms with Crippen molar-refractivity contribution in [3.63, 3.8) is 0 Å². The summed E-state index contributed by atoms with van der Waals surface area (Å²) in [6.45, 7) is 4.72. The van der Waals surface area contributed by atoms with Crippen molar-refractivity contribution in [3.8, 4) is 0 Å². The van der Waals surface area contributed by atoms with Gasteiger partial charge in [0.15, 0.2) is 6.10 Å². The molecule has 1 saturated heterocycles. The Morgan fingerprint density at radius 1 is 1.26 bits per heavy atom. The maximum absolute atomic E-state index is 11.6. The van der Waals surface area contributed by atoms with Crippen molar-refractivity contribution in [2.45, 2.75) is 70.7 Å². The van der Waals surface area contributed by atoms with Gasteiger partial charge in [-0.15, -0.1) is 0 Å². The first-order chi connectivity index (χ1) is 11.1. The Morgan fingerprint density at radius 3 is 2.65 bits per heavy atom. The minimum absolute atomic E-state index is 0.130. The van der Waals surface area contributed by atoms with E-state index in [-0.39, 0.29) is 24.7 Å². The van der Waals surface area contributed by atoms with Gasteiger partial charge >= 0.3 is 5.97 Å². The monoisotopic (exact) mass is 327 g/mol. The number of esters is 1. The van der Waals surface area contributed by atoms with E-state index in [1.54, 1.807) is 7.11 Å². The molecule has 5 nitrogen and oxygen atoms in total. The molecule has 134 valence electrons. The molecule has 1 fully saturated rings. The number of ether oxygens (including phenoxy) is 3. The van der Waals surface area contributed by atoms with Gasteiger partial charge in [-0.3, -0.25) is 4.79 Å². The van der Waals surface area contributed by atoms with Gasteiger partial charge in [0.25, 0.3) is 0 Å². The molecule has 0 bridgehead atoms. The summed E-state index contributed by atoms with van der Waals surface area (Å²) in [5, 5.41) is 0. The summed E-state index contributed by atoms with van der Waals surface area (Å²) in [5.74, 6) is -0.248. The second-order valence-corrected chi connectivity index (χ2v) is 6.27. The SMILES string of the molecule is CCCCCCCC=C[C@@H]1OC[C@H](C)[C@H](OC)[C@H]1OC(=O)CN. The summed E-state index contributed by atoms with van der Waals surface area (Å²) in [4.78, 5) is 11.6. The molecule has 0 aliphatic carbocycles. The van der Waals surface area contributed by atoms with Crippen LogP contribution >= 0.6 is 0 Å². The summed E-state index contributed by atoms with van der Waals surface area (Å²) in [6.07, 6.45) is 10.6. The zero-order chi connectivity index (χ0) is 17.1. The standard InChI is InChI=1S/C18H33NO4/c1-4-5-6-7-8-9-10-11-15-18(23-16(20)12-19)17(21-3)14(2)13-22-15/h10-11,14-15,17-18H,4-9,12-13,19H2,1-3H3/t14-,15-,17-,18-/m0/s1. The highest BCUT2D eigenvalue weighted by Crippen LogP contribution is 2.26. The van der Waals surface area contributed by atoms with Crippen LogP contribution in [0.1, 0.15) is 52.4 Å². The predicted octanol–water partition coefficient (Wildman–Crippen LogP) is 2.82. The van der Waals surface area contributed by atoms with Gasteiger partial charge in [-0.2, -0.15) is 0 Å². The van der Waals surface area contributed by atoms with Crippen LogP contribution in [-0.4, -0.2) is 44.5 Å². The number of unbranched alkanes of at least 4 members (excludes halogenated alkanes) is 5. The first kappa shape index (κ1) is 20.1. The number of nitrogens with two attached hydrogens (primary N) is 1. The fourth-order valence-corrected chi connectivity index (χ4v) is 2.92. The lowest BCUT2D eigenvalue weighted by Crippen LogP contribution is -2.52. The van der Waals surface area contributed by atoms with Crippen LogP contribution in [-0.2, 0) is 19.0 Å². The van der Waals surface area contributed by atoms with Crippen molar-refractivity contribution in [1.82, 2.24) is 0 Å². The Labute approximate surface area is 140 Å². The van der Waals surface area contributed by atoms with Crippen LogP contribution in [0.3, 0.4) is 0 Å². The third kappa shape index (κ3) is 7.02. The zero-order valence-electron chi connectivity index (χ0n) is 14.8. The maximum atomic E-state index is 11.6. The molecular weight excluding hydrogens is 294 g/mol. The molecule has 0 aromatic rings. The first-order valence-electron chi connectivity index (χ1n) is 8.84. The molecule has 23 heavy (non-hydrogen) atoms. The number of rotatable bonds is 10. The number of carbonyl (C=O) groups excluding carboxylic acids is 1. The van der Waals surface area contributed by atoms with Crippen LogP contribution in [0, 0.1) is 5.92 Å². The lowest BCUT2D eigenvalue weighted by molar-refractivity contribution is -0.189. The Kier molecular flexibility index (Phi) is 10.2.